The molecule has 2 aliphatic rings. The summed E-state index contributed by atoms with van der Waals surface area (Å²) in [6, 6.07) is 0.682. The average molecular weight is 268 g/mol. The number of nitrogens with zero attached hydrogens (tertiary/aromatic N) is 2. The molecule has 1 atom stereocenters. The van der Waals surface area contributed by atoms with Crippen LogP contribution in [0, 0.1) is 11.3 Å². The molecule has 1 unspecified atom stereocenters. The van der Waals surface area contributed by atoms with E-state index in [1.54, 1.807) is 0 Å². The van der Waals surface area contributed by atoms with Crippen LogP contribution in [0.15, 0.2) is 0 Å². The van der Waals surface area contributed by atoms with E-state index < -0.39 is 0 Å². The molecule has 0 bridgehead atoms. The third-order valence-corrected chi connectivity index (χ3v) is 5.48. The summed E-state index contributed by atoms with van der Waals surface area (Å²) in [4.78, 5) is 4.97. The van der Waals surface area contributed by atoms with E-state index in [2.05, 4.69) is 30.8 Å². The van der Waals surface area contributed by atoms with Gasteiger partial charge in [-0.15, -0.1) is 0 Å². The van der Waals surface area contributed by atoms with Crippen LogP contribution in [-0.4, -0.2) is 61.3 Å². The van der Waals surface area contributed by atoms with E-state index in [9.17, 15) is 5.11 Å². The van der Waals surface area contributed by atoms with Gasteiger partial charge in [0.25, 0.3) is 0 Å². The van der Waals surface area contributed by atoms with Crippen LogP contribution in [0.2, 0.25) is 0 Å². The molecule has 0 radical (unpaired) electrons. The molecular formula is C16H32N2O. The zero-order valence-corrected chi connectivity index (χ0v) is 13.1. The Balaban J connectivity index is 1.90. The van der Waals surface area contributed by atoms with Crippen LogP contribution in [-0.2, 0) is 0 Å². The quantitative estimate of drug-likeness (QED) is 0.847. The van der Waals surface area contributed by atoms with Crippen molar-refractivity contribution in [3.05, 3.63) is 0 Å². The molecule has 0 aromatic heterocycles. The second kappa shape index (κ2) is 6.55. The zero-order chi connectivity index (χ0) is 13.9. The van der Waals surface area contributed by atoms with Gasteiger partial charge in [0.05, 0.1) is 0 Å². The van der Waals surface area contributed by atoms with Crippen LogP contribution < -0.4 is 0 Å². The lowest BCUT2D eigenvalue weighted by Crippen LogP contribution is -2.50. The molecule has 2 rings (SSSR count). The zero-order valence-electron chi connectivity index (χ0n) is 13.1. The number of likely N-dealkylation sites (tertiary alicyclic amines) is 1. The fourth-order valence-electron chi connectivity index (χ4n) is 3.90. The molecule has 19 heavy (non-hydrogen) atoms. The molecule has 1 aliphatic heterocycles. The van der Waals surface area contributed by atoms with Gasteiger partial charge < -0.3 is 14.9 Å². The van der Waals surface area contributed by atoms with Gasteiger partial charge in [0, 0.05) is 31.2 Å². The first kappa shape index (κ1) is 15.3. The molecule has 1 saturated heterocycles. The molecule has 3 heteroatoms. The fraction of sp³-hybridized carbons (Fsp3) is 1.00. The van der Waals surface area contributed by atoms with E-state index >= 15 is 0 Å². The Hall–Kier alpha value is -0.120. The number of aliphatic hydroxyl groups excluding tert-OH is 1. The second-order valence-corrected chi connectivity index (χ2v) is 7.31. The van der Waals surface area contributed by atoms with Gasteiger partial charge in [-0.2, -0.15) is 0 Å². The van der Waals surface area contributed by atoms with Crippen molar-refractivity contribution in [2.45, 2.75) is 51.5 Å². The third kappa shape index (κ3) is 3.93. The van der Waals surface area contributed by atoms with Crippen LogP contribution in [0.25, 0.3) is 0 Å². The van der Waals surface area contributed by atoms with Crippen molar-refractivity contribution in [2.24, 2.45) is 11.3 Å². The summed E-state index contributed by atoms with van der Waals surface area (Å²) in [6.07, 6.45) is 7.63. The first-order valence-corrected chi connectivity index (χ1v) is 8.04. The number of rotatable bonds is 4. The van der Waals surface area contributed by atoms with Gasteiger partial charge in [-0.3, -0.25) is 0 Å². The maximum Gasteiger partial charge on any atom is 0.0499 e. The maximum atomic E-state index is 9.89. The number of hydrogen-bond acceptors (Lipinski definition) is 3. The largest absolute Gasteiger partial charge is 0.396 e. The summed E-state index contributed by atoms with van der Waals surface area (Å²) < 4.78 is 0. The highest BCUT2D eigenvalue weighted by molar-refractivity contribution is 4.89. The van der Waals surface area contributed by atoms with Gasteiger partial charge >= 0.3 is 0 Å². The standard InChI is InChI=1S/C16H32N2O/c1-14-6-8-16(13-19,9-7-14)12-18(3)15-5-4-10-17(2)11-15/h14-15,19H,4-13H2,1-3H3. The molecule has 3 nitrogen and oxygen atoms in total. The Morgan fingerprint density at radius 3 is 2.53 bits per heavy atom. The van der Waals surface area contributed by atoms with Gasteiger partial charge in [-0.25, -0.2) is 0 Å². The summed E-state index contributed by atoms with van der Waals surface area (Å²) in [5.74, 6) is 0.853. The monoisotopic (exact) mass is 268 g/mol. The van der Waals surface area contributed by atoms with E-state index in [1.165, 1.54) is 51.6 Å². The van der Waals surface area contributed by atoms with Crippen LogP contribution in [0.4, 0.5) is 0 Å². The van der Waals surface area contributed by atoms with E-state index in [1.807, 2.05) is 0 Å². The van der Waals surface area contributed by atoms with Crippen LogP contribution in [0.3, 0.4) is 0 Å². The summed E-state index contributed by atoms with van der Waals surface area (Å²) in [6.45, 7) is 6.23. The van der Waals surface area contributed by atoms with Gasteiger partial charge in [0.2, 0.25) is 0 Å². The molecule has 1 N–H and O–H groups in total. The highest BCUT2D eigenvalue weighted by atomic mass is 16.3. The highest BCUT2D eigenvalue weighted by Crippen LogP contribution is 2.39. The van der Waals surface area contributed by atoms with Crippen molar-refractivity contribution in [1.29, 1.82) is 0 Å². The van der Waals surface area contributed by atoms with Gasteiger partial charge in [0.15, 0.2) is 0 Å². The fourth-order valence-corrected chi connectivity index (χ4v) is 3.90. The smallest absolute Gasteiger partial charge is 0.0499 e. The van der Waals surface area contributed by atoms with E-state index in [0.717, 1.165) is 12.5 Å². The van der Waals surface area contributed by atoms with Crippen molar-refractivity contribution in [3.8, 4) is 0 Å². The van der Waals surface area contributed by atoms with Gasteiger partial charge in [-0.1, -0.05) is 19.8 Å². The lowest BCUT2D eigenvalue weighted by molar-refractivity contribution is 0.0139. The second-order valence-electron chi connectivity index (χ2n) is 7.31. The van der Waals surface area contributed by atoms with Gasteiger partial charge in [0.1, 0.15) is 0 Å². The summed E-state index contributed by atoms with van der Waals surface area (Å²) in [5.41, 5.74) is 0.178. The predicted molar refractivity (Wildman–Crippen MR) is 80.3 cm³/mol. The highest BCUT2D eigenvalue weighted by Gasteiger charge is 2.36. The van der Waals surface area contributed by atoms with E-state index in [4.69, 9.17) is 0 Å². The van der Waals surface area contributed by atoms with Crippen LogP contribution in [0.1, 0.15) is 45.4 Å². The lowest BCUT2D eigenvalue weighted by Gasteiger charge is -2.44. The molecular weight excluding hydrogens is 236 g/mol. The number of hydrogen-bond donors (Lipinski definition) is 1. The molecule has 0 aromatic carbocycles. The summed E-state index contributed by atoms with van der Waals surface area (Å²) >= 11 is 0. The number of piperidine rings is 1. The molecule has 1 heterocycles. The number of aliphatic hydroxyl groups is 1. The number of likely N-dealkylation sites (N-methyl/N-ethyl adjacent to an activating group) is 2. The Kier molecular flexibility index (Phi) is 5.27. The molecule has 1 aliphatic carbocycles. The third-order valence-electron chi connectivity index (χ3n) is 5.48. The molecule has 112 valence electrons. The minimum Gasteiger partial charge on any atom is -0.396 e. The van der Waals surface area contributed by atoms with E-state index in [-0.39, 0.29) is 5.41 Å². The average Bonchev–Trinajstić information content (AvgIpc) is 2.42. The Bertz CT molecular complexity index is 274. The van der Waals surface area contributed by atoms with E-state index in [0.29, 0.717) is 12.6 Å². The molecule has 0 aromatic rings. The van der Waals surface area contributed by atoms with Crippen molar-refractivity contribution in [1.82, 2.24) is 9.80 Å². The Morgan fingerprint density at radius 1 is 1.26 bits per heavy atom. The summed E-state index contributed by atoms with van der Waals surface area (Å²) in [5, 5.41) is 9.89. The molecule has 0 amide bonds. The van der Waals surface area contributed by atoms with Crippen molar-refractivity contribution < 1.29 is 5.11 Å². The van der Waals surface area contributed by atoms with Crippen molar-refractivity contribution in [2.75, 3.05) is 40.3 Å². The maximum absolute atomic E-state index is 9.89. The Labute approximate surface area is 119 Å². The predicted octanol–water partition coefficient (Wildman–Crippen LogP) is 2.20. The summed E-state index contributed by atoms with van der Waals surface area (Å²) in [7, 11) is 4.49. The van der Waals surface area contributed by atoms with Crippen molar-refractivity contribution in [3.63, 3.8) is 0 Å². The normalized spacial score (nSPS) is 37.7. The minimum absolute atomic E-state index is 0.178. The van der Waals surface area contributed by atoms with Crippen LogP contribution in [0.5, 0.6) is 0 Å². The first-order valence-electron chi connectivity index (χ1n) is 8.04. The molecule has 1 saturated carbocycles. The van der Waals surface area contributed by atoms with Crippen molar-refractivity contribution >= 4 is 0 Å². The first-order chi connectivity index (χ1) is 9.04. The Morgan fingerprint density at radius 2 is 1.95 bits per heavy atom. The topological polar surface area (TPSA) is 26.7 Å². The van der Waals surface area contributed by atoms with Gasteiger partial charge in [-0.05, 0) is 52.2 Å². The lowest BCUT2D eigenvalue weighted by atomic mass is 9.71. The minimum atomic E-state index is 0.178. The SMILES string of the molecule is CC1CCC(CO)(CN(C)C2CCCN(C)C2)CC1. The molecule has 2 fully saturated rings. The molecule has 0 spiro atoms. The van der Waals surface area contributed by atoms with Crippen LogP contribution >= 0.6 is 0 Å².